The number of benzene rings is 1. The predicted molar refractivity (Wildman–Crippen MR) is 67.0 cm³/mol. The minimum absolute atomic E-state index is 0.255. The number of rotatable bonds is 2. The normalized spacial score (nSPS) is 10.1. The number of carbonyl (C=O) groups is 1. The van der Waals surface area contributed by atoms with Crippen molar-refractivity contribution in [1.29, 1.82) is 0 Å². The lowest BCUT2D eigenvalue weighted by molar-refractivity contribution is 0.102. The van der Waals surface area contributed by atoms with Crippen molar-refractivity contribution in [3.63, 3.8) is 0 Å². The summed E-state index contributed by atoms with van der Waals surface area (Å²) in [4.78, 5) is 11.6. The second-order valence-corrected chi connectivity index (χ2v) is 4.64. The van der Waals surface area contributed by atoms with Crippen molar-refractivity contribution in [2.75, 3.05) is 5.32 Å². The van der Waals surface area contributed by atoms with Crippen LogP contribution in [0.4, 0.5) is 10.1 Å². The molecule has 1 amide bonds. The summed E-state index contributed by atoms with van der Waals surface area (Å²) in [6, 6.07) is 4.14. The molecule has 0 aliphatic rings. The van der Waals surface area contributed by atoms with Gasteiger partial charge in [0.15, 0.2) is 5.69 Å². The maximum atomic E-state index is 12.8. The van der Waals surface area contributed by atoms with Crippen LogP contribution in [-0.2, 0) is 0 Å². The molecule has 0 atom stereocenters. The molecule has 0 spiro atoms. The number of hydrogen-bond donors (Lipinski definition) is 1. The van der Waals surface area contributed by atoms with Gasteiger partial charge in [-0.05, 0) is 52.3 Å². The highest BCUT2D eigenvalue weighted by Crippen LogP contribution is 2.19. The van der Waals surface area contributed by atoms with Crippen molar-refractivity contribution in [2.24, 2.45) is 0 Å². The number of halogens is 2. The van der Waals surface area contributed by atoms with Crippen molar-refractivity contribution >= 4 is 45.7 Å². The third-order valence-electron chi connectivity index (χ3n) is 1.77. The Labute approximate surface area is 108 Å². The lowest BCUT2D eigenvalue weighted by Gasteiger charge is -2.05. The Balaban J connectivity index is 2.18. The average molecular weight is 349 g/mol. The van der Waals surface area contributed by atoms with Crippen LogP contribution in [0.5, 0.6) is 0 Å². The number of carbonyl (C=O) groups excluding carboxylic acids is 1. The van der Waals surface area contributed by atoms with Gasteiger partial charge in [-0.2, -0.15) is 0 Å². The molecular formula is C9H5FIN3OS. The van der Waals surface area contributed by atoms with Crippen LogP contribution in [0.1, 0.15) is 10.5 Å². The first kappa shape index (κ1) is 11.4. The van der Waals surface area contributed by atoms with Crippen LogP contribution < -0.4 is 5.32 Å². The van der Waals surface area contributed by atoms with Crippen molar-refractivity contribution in [1.82, 2.24) is 9.59 Å². The lowest BCUT2D eigenvalue weighted by Crippen LogP contribution is -2.13. The molecule has 7 heteroatoms. The first-order valence-corrected chi connectivity index (χ1v) is 6.12. The van der Waals surface area contributed by atoms with Crippen molar-refractivity contribution in [3.8, 4) is 0 Å². The maximum Gasteiger partial charge on any atom is 0.277 e. The van der Waals surface area contributed by atoms with E-state index in [4.69, 9.17) is 0 Å². The summed E-state index contributed by atoms with van der Waals surface area (Å²) < 4.78 is 17.0. The molecule has 4 nitrogen and oxygen atoms in total. The van der Waals surface area contributed by atoms with Crippen LogP contribution >= 0.6 is 34.1 Å². The largest absolute Gasteiger partial charge is 0.320 e. The minimum atomic E-state index is -0.349. The van der Waals surface area contributed by atoms with Gasteiger partial charge < -0.3 is 5.32 Å². The SMILES string of the molecule is O=C(Nc1ccc(F)cc1I)c1csnn1. The average Bonchev–Trinajstić information content (AvgIpc) is 2.75. The molecule has 1 heterocycles. The Kier molecular flexibility index (Phi) is 3.44. The van der Waals surface area contributed by atoms with E-state index < -0.39 is 0 Å². The van der Waals surface area contributed by atoms with Crippen molar-refractivity contribution in [2.45, 2.75) is 0 Å². The molecule has 1 aromatic carbocycles. The fourth-order valence-corrected chi connectivity index (χ4v) is 2.09. The molecule has 82 valence electrons. The molecule has 1 N–H and O–H groups in total. The van der Waals surface area contributed by atoms with Crippen molar-refractivity contribution < 1.29 is 9.18 Å². The van der Waals surface area contributed by atoms with Crippen LogP contribution in [0.15, 0.2) is 23.6 Å². The van der Waals surface area contributed by atoms with Crippen LogP contribution in [0.2, 0.25) is 0 Å². The zero-order valence-electron chi connectivity index (χ0n) is 7.78. The van der Waals surface area contributed by atoms with E-state index in [9.17, 15) is 9.18 Å². The Morgan fingerprint density at radius 3 is 2.94 bits per heavy atom. The molecular weight excluding hydrogens is 344 g/mol. The van der Waals surface area contributed by atoms with E-state index in [0.29, 0.717) is 9.26 Å². The van der Waals surface area contributed by atoms with E-state index in [1.54, 1.807) is 5.38 Å². The number of anilines is 1. The van der Waals surface area contributed by atoms with Gasteiger partial charge in [-0.1, -0.05) is 4.49 Å². The number of nitrogens with zero attached hydrogens (tertiary/aromatic N) is 2. The zero-order valence-corrected chi connectivity index (χ0v) is 10.8. The highest BCUT2D eigenvalue weighted by molar-refractivity contribution is 14.1. The van der Waals surface area contributed by atoms with E-state index in [-0.39, 0.29) is 17.4 Å². The molecule has 0 aliphatic carbocycles. The van der Waals surface area contributed by atoms with Gasteiger partial charge in [0.2, 0.25) is 0 Å². The molecule has 0 unspecified atom stereocenters. The van der Waals surface area contributed by atoms with E-state index in [1.807, 2.05) is 22.6 Å². The van der Waals surface area contributed by atoms with Gasteiger partial charge in [0, 0.05) is 8.95 Å². The summed E-state index contributed by atoms with van der Waals surface area (Å²) in [5, 5.41) is 7.82. The fourth-order valence-electron chi connectivity index (χ4n) is 1.04. The highest BCUT2D eigenvalue weighted by Gasteiger charge is 2.10. The molecule has 16 heavy (non-hydrogen) atoms. The minimum Gasteiger partial charge on any atom is -0.320 e. The Bertz CT molecular complexity index is 517. The standard InChI is InChI=1S/C9H5FIN3OS/c10-5-1-2-7(6(11)3-5)12-9(15)8-4-16-14-13-8/h1-4H,(H,12,15). The van der Waals surface area contributed by atoms with Gasteiger partial charge in [0.05, 0.1) is 5.69 Å². The summed E-state index contributed by atoms with van der Waals surface area (Å²) in [5.41, 5.74) is 0.810. The first-order valence-electron chi connectivity index (χ1n) is 4.20. The second kappa shape index (κ2) is 4.83. The fraction of sp³-hybridized carbons (Fsp3) is 0. The molecule has 0 saturated heterocycles. The smallest absolute Gasteiger partial charge is 0.277 e. The molecule has 0 fully saturated rings. The Hall–Kier alpha value is -1.09. The van der Waals surface area contributed by atoms with Gasteiger partial charge >= 0.3 is 0 Å². The molecule has 2 aromatic rings. The summed E-state index contributed by atoms with van der Waals surface area (Å²) >= 11 is 3.05. The summed E-state index contributed by atoms with van der Waals surface area (Å²) in [7, 11) is 0. The molecule has 0 radical (unpaired) electrons. The lowest BCUT2D eigenvalue weighted by atomic mass is 10.3. The molecule has 0 saturated carbocycles. The summed E-state index contributed by atoms with van der Waals surface area (Å²) in [6.45, 7) is 0. The third kappa shape index (κ3) is 2.53. The van der Waals surface area contributed by atoms with Crippen molar-refractivity contribution in [3.05, 3.63) is 38.7 Å². The van der Waals surface area contributed by atoms with Crippen LogP contribution in [0.3, 0.4) is 0 Å². The Morgan fingerprint density at radius 1 is 1.50 bits per heavy atom. The Morgan fingerprint density at radius 2 is 2.31 bits per heavy atom. The quantitative estimate of drug-likeness (QED) is 0.848. The number of hydrogen-bond acceptors (Lipinski definition) is 4. The monoisotopic (exact) mass is 349 g/mol. The number of aromatic nitrogens is 2. The predicted octanol–water partition coefficient (Wildman–Crippen LogP) is 2.53. The molecule has 1 aromatic heterocycles. The number of amides is 1. The van der Waals surface area contributed by atoms with E-state index >= 15 is 0 Å². The molecule has 2 rings (SSSR count). The van der Waals surface area contributed by atoms with Gasteiger partial charge in [0.25, 0.3) is 5.91 Å². The van der Waals surface area contributed by atoms with E-state index in [0.717, 1.165) is 11.5 Å². The first-order chi connectivity index (χ1) is 7.66. The summed E-state index contributed by atoms with van der Waals surface area (Å²) in [5.74, 6) is -0.684. The third-order valence-corrected chi connectivity index (χ3v) is 3.17. The van der Waals surface area contributed by atoms with Crippen LogP contribution in [-0.4, -0.2) is 15.5 Å². The molecule has 0 bridgehead atoms. The van der Waals surface area contributed by atoms with Gasteiger partial charge in [-0.15, -0.1) is 5.10 Å². The molecule has 0 aliphatic heterocycles. The van der Waals surface area contributed by atoms with Gasteiger partial charge in [-0.25, -0.2) is 4.39 Å². The van der Waals surface area contributed by atoms with E-state index in [2.05, 4.69) is 14.9 Å². The van der Waals surface area contributed by atoms with Crippen LogP contribution in [0.25, 0.3) is 0 Å². The highest BCUT2D eigenvalue weighted by atomic mass is 127. The zero-order chi connectivity index (χ0) is 11.5. The topological polar surface area (TPSA) is 54.9 Å². The van der Waals surface area contributed by atoms with E-state index in [1.165, 1.54) is 18.2 Å². The second-order valence-electron chi connectivity index (χ2n) is 2.87. The summed E-state index contributed by atoms with van der Waals surface area (Å²) in [6.07, 6.45) is 0. The van der Waals surface area contributed by atoms with Gasteiger partial charge in [-0.3, -0.25) is 4.79 Å². The van der Waals surface area contributed by atoms with Gasteiger partial charge in [0.1, 0.15) is 5.82 Å². The maximum absolute atomic E-state index is 12.8. The number of nitrogens with one attached hydrogen (secondary N) is 1. The van der Waals surface area contributed by atoms with Crippen LogP contribution in [0, 0.1) is 9.39 Å².